The minimum atomic E-state index is -4.61. The number of halogens is 4. The van der Waals surface area contributed by atoms with Gasteiger partial charge in [-0.25, -0.2) is 19.3 Å². The number of nitrogens with zero attached hydrogens (tertiary/aromatic N) is 3. The number of H-pyrrole nitrogens is 1. The first-order valence-corrected chi connectivity index (χ1v) is 12.2. The van der Waals surface area contributed by atoms with Crippen LogP contribution in [0.25, 0.3) is 22.3 Å². The van der Waals surface area contributed by atoms with E-state index < -0.39 is 29.4 Å². The van der Waals surface area contributed by atoms with Crippen LogP contribution in [-0.4, -0.2) is 44.6 Å². The largest absolute Gasteiger partial charge is 0.437 e. The number of nitrogens with one attached hydrogen (secondary N) is 3. The zero-order chi connectivity index (χ0) is 28.4. The highest BCUT2D eigenvalue weighted by Gasteiger charge is 2.31. The number of rotatable bonds is 7. The molecule has 40 heavy (non-hydrogen) atoms. The number of para-hydroxylation sites is 1. The van der Waals surface area contributed by atoms with Gasteiger partial charge in [0.2, 0.25) is 11.8 Å². The molecule has 0 unspecified atom stereocenters. The Morgan fingerprint density at radius 2 is 2.00 bits per heavy atom. The van der Waals surface area contributed by atoms with Crippen LogP contribution < -0.4 is 26.7 Å². The van der Waals surface area contributed by atoms with Gasteiger partial charge in [-0.3, -0.25) is 9.59 Å². The fourth-order valence-corrected chi connectivity index (χ4v) is 4.42. The highest BCUT2D eigenvalue weighted by molar-refractivity contribution is 5.82. The molecule has 5 N–H and O–H groups in total. The van der Waals surface area contributed by atoms with Crippen LogP contribution in [0.5, 0.6) is 11.6 Å². The lowest BCUT2D eigenvalue weighted by molar-refractivity contribution is -0.137. The molecule has 1 fully saturated rings. The maximum Gasteiger partial charge on any atom is 0.416 e. The zero-order valence-electron chi connectivity index (χ0n) is 20.8. The van der Waals surface area contributed by atoms with E-state index in [1.165, 1.54) is 18.5 Å². The standard InChI is InChI=1S/C26H23F4N7O3/c27-15-7-16(32-11-15)8-21(38)33-10-13-6-14(26(28,29)30)4-5-17(13)19-9-22(35-12-34-19)40-20-3-1-2-18-23(20)37-24(31)25(39)36-18/h1-6,9,12,15-16,32H,7-8,10-11H2,(H2,31,37)(H,33,38)(H,36,39)/t15-,16+/m1/s1. The van der Waals surface area contributed by atoms with E-state index in [-0.39, 0.29) is 66.2 Å². The summed E-state index contributed by atoms with van der Waals surface area (Å²) in [6.07, 6.45) is -4.27. The number of fused-ring (bicyclic) bond motifs is 1. The molecule has 2 aromatic heterocycles. The number of ether oxygens (including phenoxy) is 1. The van der Waals surface area contributed by atoms with Crippen molar-refractivity contribution >= 4 is 22.8 Å². The first kappa shape index (κ1) is 27.0. The lowest BCUT2D eigenvalue weighted by Gasteiger charge is -2.16. The molecule has 2 aromatic carbocycles. The van der Waals surface area contributed by atoms with E-state index >= 15 is 0 Å². The predicted molar refractivity (Wildman–Crippen MR) is 137 cm³/mol. The molecule has 4 aromatic rings. The van der Waals surface area contributed by atoms with Crippen LogP contribution >= 0.6 is 0 Å². The predicted octanol–water partition coefficient (Wildman–Crippen LogP) is 3.48. The Morgan fingerprint density at radius 3 is 2.75 bits per heavy atom. The van der Waals surface area contributed by atoms with Gasteiger partial charge in [0.15, 0.2) is 11.6 Å². The summed E-state index contributed by atoms with van der Waals surface area (Å²) in [6.45, 7) is -0.0576. The number of anilines is 1. The molecular weight excluding hydrogens is 534 g/mol. The molecule has 10 nitrogen and oxygen atoms in total. The number of amides is 1. The van der Waals surface area contributed by atoms with Crippen LogP contribution in [0, 0.1) is 0 Å². The third-order valence-corrected chi connectivity index (χ3v) is 6.35. The fraction of sp³-hybridized carbons (Fsp3) is 0.269. The number of nitrogens with two attached hydrogens (primary N) is 1. The van der Waals surface area contributed by atoms with Crippen LogP contribution in [0.4, 0.5) is 23.4 Å². The van der Waals surface area contributed by atoms with Gasteiger partial charge in [-0.1, -0.05) is 12.1 Å². The molecule has 0 radical (unpaired) electrons. The van der Waals surface area contributed by atoms with E-state index in [2.05, 4.69) is 30.6 Å². The second-order valence-electron chi connectivity index (χ2n) is 9.24. The van der Waals surface area contributed by atoms with Crippen molar-refractivity contribution < 1.29 is 27.1 Å². The number of benzene rings is 2. The van der Waals surface area contributed by atoms with E-state index in [9.17, 15) is 27.2 Å². The fourth-order valence-electron chi connectivity index (χ4n) is 4.42. The number of nitrogen functional groups attached to an aromatic ring is 1. The number of hydrogen-bond acceptors (Lipinski definition) is 8. The second-order valence-corrected chi connectivity index (χ2v) is 9.24. The van der Waals surface area contributed by atoms with Crippen molar-refractivity contribution in [3.63, 3.8) is 0 Å². The Hall–Kier alpha value is -4.59. The smallest absolute Gasteiger partial charge is 0.416 e. The first-order valence-electron chi connectivity index (χ1n) is 12.2. The molecular formula is C26H23F4N7O3. The first-order chi connectivity index (χ1) is 19.1. The second kappa shape index (κ2) is 10.9. The SMILES string of the molecule is Nc1nc2c(Oc3cc(-c4ccc(C(F)(F)F)cc4CNC(=O)C[C@@H]4C[C@@H](F)CN4)ncn3)cccc2[nH]c1=O. The molecule has 0 aliphatic carbocycles. The molecule has 1 saturated heterocycles. The third-order valence-electron chi connectivity index (χ3n) is 6.35. The van der Waals surface area contributed by atoms with Gasteiger partial charge < -0.3 is 26.1 Å². The Kier molecular flexibility index (Phi) is 7.34. The van der Waals surface area contributed by atoms with Crippen molar-refractivity contribution in [2.75, 3.05) is 12.3 Å². The molecule has 5 rings (SSSR count). The number of aromatic nitrogens is 4. The Balaban J connectivity index is 1.42. The number of hydrogen-bond donors (Lipinski definition) is 4. The summed E-state index contributed by atoms with van der Waals surface area (Å²) in [5.41, 5.74) is 5.56. The lowest BCUT2D eigenvalue weighted by atomic mass is 10.0. The van der Waals surface area contributed by atoms with Gasteiger partial charge in [0.05, 0.1) is 16.8 Å². The van der Waals surface area contributed by atoms with Crippen LogP contribution in [-0.2, 0) is 17.5 Å². The summed E-state index contributed by atoms with van der Waals surface area (Å²) >= 11 is 0. The van der Waals surface area contributed by atoms with Crippen molar-refractivity contribution in [1.82, 2.24) is 30.6 Å². The number of alkyl halides is 4. The van der Waals surface area contributed by atoms with E-state index in [4.69, 9.17) is 10.5 Å². The van der Waals surface area contributed by atoms with Gasteiger partial charge in [0.1, 0.15) is 18.0 Å². The zero-order valence-corrected chi connectivity index (χ0v) is 20.8. The number of carbonyl (C=O) groups is 1. The summed E-state index contributed by atoms with van der Waals surface area (Å²) in [6, 6.07) is 9.02. The topological polar surface area (TPSA) is 148 Å². The molecule has 0 spiro atoms. The minimum absolute atomic E-state index is 0.00490. The van der Waals surface area contributed by atoms with E-state index in [0.29, 0.717) is 11.1 Å². The summed E-state index contributed by atoms with van der Waals surface area (Å²) in [5.74, 6) is -0.410. The highest BCUT2D eigenvalue weighted by Crippen LogP contribution is 2.34. The minimum Gasteiger partial charge on any atom is -0.437 e. The van der Waals surface area contributed by atoms with Gasteiger partial charge in [-0.05, 0) is 36.2 Å². The normalized spacial score (nSPS) is 17.2. The average molecular weight is 558 g/mol. The Bertz CT molecular complexity index is 1630. The van der Waals surface area contributed by atoms with Crippen LogP contribution in [0.2, 0.25) is 0 Å². The Morgan fingerprint density at radius 1 is 1.18 bits per heavy atom. The van der Waals surface area contributed by atoms with Gasteiger partial charge in [-0.15, -0.1) is 0 Å². The maximum absolute atomic E-state index is 13.5. The van der Waals surface area contributed by atoms with Crippen molar-refractivity contribution in [3.05, 3.63) is 70.3 Å². The molecule has 14 heteroatoms. The van der Waals surface area contributed by atoms with Gasteiger partial charge >= 0.3 is 6.18 Å². The van der Waals surface area contributed by atoms with Crippen molar-refractivity contribution in [1.29, 1.82) is 0 Å². The third kappa shape index (κ3) is 6.01. The monoisotopic (exact) mass is 557 g/mol. The molecule has 1 aliphatic rings. The van der Waals surface area contributed by atoms with Gasteiger partial charge in [-0.2, -0.15) is 13.2 Å². The van der Waals surface area contributed by atoms with Crippen molar-refractivity contribution in [2.24, 2.45) is 0 Å². The highest BCUT2D eigenvalue weighted by atomic mass is 19.4. The summed E-state index contributed by atoms with van der Waals surface area (Å²) in [4.78, 5) is 39.2. The number of carbonyl (C=O) groups excluding carboxylic acids is 1. The molecule has 0 saturated carbocycles. The molecule has 2 atom stereocenters. The summed E-state index contributed by atoms with van der Waals surface area (Å²) in [7, 11) is 0. The van der Waals surface area contributed by atoms with E-state index in [1.54, 1.807) is 18.2 Å². The quantitative estimate of drug-likeness (QED) is 0.253. The van der Waals surface area contributed by atoms with Crippen LogP contribution in [0.1, 0.15) is 24.0 Å². The molecule has 3 heterocycles. The maximum atomic E-state index is 13.5. The number of aromatic amines is 1. The van der Waals surface area contributed by atoms with Crippen LogP contribution in [0.3, 0.4) is 0 Å². The molecule has 1 amide bonds. The molecule has 208 valence electrons. The van der Waals surface area contributed by atoms with Crippen molar-refractivity contribution in [2.45, 2.75) is 37.8 Å². The van der Waals surface area contributed by atoms with Crippen LogP contribution in [0.15, 0.2) is 53.6 Å². The average Bonchev–Trinajstić information content (AvgIpc) is 3.32. The van der Waals surface area contributed by atoms with E-state index in [1.807, 2.05) is 0 Å². The summed E-state index contributed by atoms with van der Waals surface area (Å²) < 4.78 is 59.7. The summed E-state index contributed by atoms with van der Waals surface area (Å²) in [5, 5.41) is 5.52. The van der Waals surface area contributed by atoms with Gasteiger partial charge in [0.25, 0.3) is 5.56 Å². The molecule has 0 bridgehead atoms. The van der Waals surface area contributed by atoms with Crippen molar-refractivity contribution in [3.8, 4) is 22.9 Å². The lowest BCUT2D eigenvalue weighted by Crippen LogP contribution is -2.31. The molecule has 1 aliphatic heterocycles. The Labute approximate surface area is 224 Å². The van der Waals surface area contributed by atoms with Gasteiger partial charge in [0, 0.05) is 37.2 Å². The van der Waals surface area contributed by atoms with E-state index in [0.717, 1.165) is 12.1 Å².